The molecule has 1 atom stereocenters. The number of fused-ring (bicyclic) bond motifs is 3. The highest BCUT2D eigenvalue weighted by Crippen LogP contribution is 2.41. The zero-order chi connectivity index (χ0) is 19.6. The number of ether oxygens (including phenoxy) is 3. The van der Waals surface area contributed by atoms with Gasteiger partial charge in [-0.2, -0.15) is 0 Å². The molecule has 0 amide bonds. The Kier molecular flexibility index (Phi) is 5.79. The summed E-state index contributed by atoms with van der Waals surface area (Å²) in [7, 11) is 3.13. The Hall–Kier alpha value is -2.41. The average Bonchev–Trinajstić information content (AvgIpc) is 2.66. The predicted molar refractivity (Wildman–Crippen MR) is 100 cm³/mol. The minimum atomic E-state index is -0.785. The summed E-state index contributed by atoms with van der Waals surface area (Å²) in [6.07, 6.45) is 3.06. The lowest BCUT2D eigenvalue weighted by atomic mass is 9.90. The SMILES string of the molecule is COCCCOc1cc2c(nc1OC)-c1c(F)c(=O)ccn1[C@H](C(C)C)C2. The second-order valence-electron chi connectivity index (χ2n) is 6.96. The van der Waals surface area contributed by atoms with Gasteiger partial charge < -0.3 is 18.8 Å². The van der Waals surface area contributed by atoms with E-state index in [0.29, 0.717) is 31.1 Å². The summed E-state index contributed by atoms with van der Waals surface area (Å²) in [4.78, 5) is 16.4. The number of pyridine rings is 2. The van der Waals surface area contributed by atoms with E-state index >= 15 is 0 Å². The first-order valence-corrected chi connectivity index (χ1v) is 9.08. The Morgan fingerprint density at radius 3 is 2.78 bits per heavy atom. The van der Waals surface area contributed by atoms with E-state index in [1.807, 2.05) is 10.6 Å². The van der Waals surface area contributed by atoms with Crippen LogP contribution in [0.25, 0.3) is 11.4 Å². The minimum absolute atomic E-state index is 0.0270. The molecule has 7 heteroatoms. The van der Waals surface area contributed by atoms with E-state index in [0.717, 1.165) is 12.0 Å². The zero-order valence-electron chi connectivity index (χ0n) is 16.1. The highest BCUT2D eigenvalue weighted by molar-refractivity contribution is 5.65. The van der Waals surface area contributed by atoms with Gasteiger partial charge in [-0.05, 0) is 24.0 Å². The van der Waals surface area contributed by atoms with Crippen LogP contribution in [0.2, 0.25) is 0 Å². The molecule has 2 aromatic heterocycles. The molecule has 0 spiro atoms. The molecular weight excluding hydrogens is 351 g/mol. The first-order chi connectivity index (χ1) is 13.0. The topological polar surface area (TPSA) is 62.6 Å². The molecule has 0 bridgehead atoms. The van der Waals surface area contributed by atoms with E-state index in [4.69, 9.17) is 14.2 Å². The van der Waals surface area contributed by atoms with E-state index < -0.39 is 11.2 Å². The maximum Gasteiger partial charge on any atom is 0.257 e. The summed E-state index contributed by atoms with van der Waals surface area (Å²) in [6, 6.07) is 3.15. The van der Waals surface area contributed by atoms with Crippen LogP contribution in [0.3, 0.4) is 0 Å². The predicted octanol–water partition coefficient (Wildman–Crippen LogP) is 3.23. The monoisotopic (exact) mass is 376 g/mol. The molecule has 1 aliphatic heterocycles. The van der Waals surface area contributed by atoms with Crippen LogP contribution in [0.15, 0.2) is 23.1 Å². The highest BCUT2D eigenvalue weighted by atomic mass is 19.1. The van der Waals surface area contributed by atoms with Crippen molar-refractivity contribution in [2.75, 3.05) is 27.4 Å². The van der Waals surface area contributed by atoms with Crippen LogP contribution in [0.1, 0.15) is 31.9 Å². The third-order valence-corrected chi connectivity index (χ3v) is 4.83. The first kappa shape index (κ1) is 19.4. The summed E-state index contributed by atoms with van der Waals surface area (Å²) in [5, 5.41) is 0. The smallest absolute Gasteiger partial charge is 0.257 e. The maximum atomic E-state index is 14.8. The van der Waals surface area contributed by atoms with E-state index in [9.17, 15) is 9.18 Å². The van der Waals surface area contributed by atoms with Crippen molar-refractivity contribution in [3.8, 4) is 23.0 Å². The van der Waals surface area contributed by atoms with E-state index in [-0.39, 0.29) is 23.5 Å². The molecule has 3 rings (SSSR count). The molecule has 3 heterocycles. The van der Waals surface area contributed by atoms with Crippen molar-refractivity contribution in [3.63, 3.8) is 0 Å². The van der Waals surface area contributed by atoms with Gasteiger partial charge in [-0.25, -0.2) is 9.37 Å². The van der Waals surface area contributed by atoms with Gasteiger partial charge in [-0.1, -0.05) is 13.8 Å². The maximum absolute atomic E-state index is 14.8. The summed E-state index contributed by atoms with van der Waals surface area (Å²) < 4.78 is 32.8. The molecule has 146 valence electrons. The second kappa shape index (κ2) is 8.08. The molecule has 0 saturated carbocycles. The fourth-order valence-corrected chi connectivity index (χ4v) is 3.42. The molecule has 0 saturated heterocycles. The van der Waals surface area contributed by atoms with Crippen LogP contribution in [0, 0.1) is 11.7 Å². The Balaban J connectivity index is 2.09. The van der Waals surface area contributed by atoms with Crippen LogP contribution in [-0.4, -0.2) is 37.0 Å². The number of hydrogen-bond acceptors (Lipinski definition) is 5. The number of methoxy groups -OCH3 is 2. The quantitative estimate of drug-likeness (QED) is 0.695. The average molecular weight is 376 g/mol. The molecule has 0 aromatic carbocycles. The van der Waals surface area contributed by atoms with Crippen molar-refractivity contribution < 1.29 is 18.6 Å². The van der Waals surface area contributed by atoms with Gasteiger partial charge in [0.25, 0.3) is 5.88 Å². The number of nitrogens with zero attached hydrogens (tertiary/aromatic N) is 2. The molecule has 0 N–H and O–H groups in total. The normalized spacial score (nSPS) is 15.4. The standard InChI is InChI=1S/C20H25FN2O4/c1-12(2)14-10-13-11-16(27-9-5-8-25-3)20(26-4)22-18(13)19-17(21)15(24)6-7-23(14)19/h6-7,11-12,14H,5,8-10H2,1-4H3/t14-/m0/s1. The Bertz CT molecular complexity index is 879. The van der Waals surface area contributed by atoms with Crippen molar-refractivity contribution in [3.05, 3.63) is 39.9 Å². The number of aromatic nitrogens is 2. The van der Waals surface area contributed by atoms with Crippen LogP contribution >= 0.6 is 0 Å². The summed E-state index contributed by atoms with van der Waals surface area (Å²) in [5.41, 5.74) is 0.855. The van der Waals surface area contributed by atoms with E-state index in [1.54, 1.807) is 13.3 Å². The highest BCUT2D eigenvalue weighted by Gasteiger charge is 2.31. The van der Waals surface area contributed by atoms with Gasteiger partial charge in [-0.3, -0.25) is 4.79 Å². The van der Waals surface area contributed by atoms with E-state index in [1.165, 1.54) is 13.2 Å². The molecular formula is C20H25FN2O4. The van der Waals surface area contributed by atoms with Crippen molar-refractivity contribution in [2.45, 2.75) is 32.7 Å². The third-order valence-electron chi connectivity index (χ3n) is 4.83. The largest absolute Gasteiger partial charge is 0.488 e. The van der Waals surface area contributed by atoms with Gasteiger partial charge in [-0.15, -0.1) is 0 Å². The number of hydrogen-bond donors (Lipinski definition) is 0. The summed E-state index contributed by atoms with van der Waals surface area (Å²) in [5.74, 6) is 0.262. The minimum Gasteiger partial charge on any atom is -0.488 e. The molecule has 0 aliphatic carbocycles. The summed E-state index contributed by atoms with van der Waals surface area (Å²) >= 11 is 0. The molecule has 27 heavy (non-hydrogen) atoms. The van der Waals surface area contributed by atoms with Crippen molar-refractivity contribution in [1.29, 1.82) is 0 Å². The van der Waals surface area contributed by atoms with Gasteiger partial charge in [0.2, 0.25) is 5.43 Å². The molecule has 1 aliphatic rings. The molecule has 0 unspecified atom stereocenters. The van der Waals surface area contributed by atoms with Crippen LogP contribution in [0.4, 0.5) is 4.39 Å². The summed E-state index contributed by atoms with van der Waals surface area (Å²) in [6.45, 7) is 5.21. The van der Waals surface area contributed by atoms with Crippen molar-refractivity contribution in [1.82, 2.24) is 9.55 Å². The number of halogens is 1. The zero-order valence-corrected chi connectivity index (χ0v) is 16.1. The molecule has 2 aromatic rings. The number of rotatable bonds is 7. The first-order valence-electron chi connectivity index (χ1n) is 9.08. The third kappa shape index (κ3) is 3.69. The van der Waals surface area contributed by atoms with Crippen molar-refractivity contribution in [2.24, 2.45) is 5.92 Å². The fraction of sp³-hybridized carbons (Fsp3) is 0.500. The van der Waals surface area contributed by atoms with E-state index in [2.05, 4.69) is 18.8 Å². The lowest BCUT2D eigenvalue weighted by Gasteiger charge is -2.32. The fourth-order valence-electron chi connectivity index (χ4n) is 3.42. The Morgan fingerprint density at radius 1 is 1.33 bits per heavy atom. The molecule has 0 radical (unpaired) electrons. The van der Waals surface area contributed by atoms with Gasteiger partial charge in [0, 0.05) is 38.4 Å². The van der Waals surface area contributed by atoms with Gasteiger partial charge in [0.15, 0.2) is 11.6 Å². The lowest BCUT2D eigenvalue weighted by molar-refractivity contribution is 0.170. The van der Waals surface area contributed by atoms with Gasteiger partial charge in [0.1, 0.15) is 5.69 Å². The van der Waals surface area contributed by atoms with Crippen LogP contribution in [-0.2, 0) is 11.2 Å². The van der Waals surface area contributed by atoms with Crippen LogP contribution < -0.4 is 14.9 Å². The molecule has 6 nitrogen and oxygen atoms in total. The van der Waals surface area contributed by atoms with Crippen LogP contribution in [0.5, 0.6) is 11.6 Å². The van der Waals surface area contributed by atoms with Crippen molar-refractivity contribution >= 4 is 0 Å². The van der Waals surface area contributed by atoms with Gasteiger partial charge in [0.05, 0.1) is 19.4 Å². The Morgan fingerprint density at radius 2 is 2.11 bits per heavy atom. The second-order valence-corrected chi connectivity index (χ2v) is 6.96. The van der Waals surface area contributed by atoms with Gasteiger partial charge >= 0.3 is 0 Å². The Labute approximate surface area is 157 Å². The molecule has 0 fully saturated rings. The lowest BCUT2D eigenvalue weighted by Crippen LogP contribution is -2.28.